The molecule has 0 radical (unpaired) electrons. The van der Waals surface area contributed by atoms with Gasteiger partial charge < -0.3 is 37.6 Å². The van der Waals surface area contributed by atoms with Gasteiger partial charge in [-0.2, -0.15) is 0 Å². The van der Waals surface area contributed by atoms with E-state index in [0.29, 0.717) is 0 Å². The Balaban J connectivity index is 1.63. The van der Waals surface area contributed by atoms with E-state index in [2.05, 4.69) is 0 Å². The summed E-state index contributed by atoms with van der Waals surface area (Å²) in [4.78, 5) is 0. The Hall–Kier alpha value is 0.220. The first kappa shape index (κ1) is 20.8. The molecule has 30 heavy (non-hydrogen) atoms. The highest BCUT2D eigenvalue weighted by atomic mass is 32.1. The topological polar surface area (TPSA) is 89.5 Å². The zero-order valence-corrected chi connectivity index (χ0v) is 20.8. The van der Waals surface area contributed by atoms with Gasteiger partial charge in [-0.05, 0) is 55.4 Å². The summed E-state index contributed by atoms with van der Waals surface area (Å²) in [6.45, 7) is 7.15. The molecule has 0 aromatic heterocycles. The molecule has 8 rings (SSSR count). The van der Waals surface area contributed by atoms with Crippen molar-refractivity contribution >= 4 is 13.7 Å². The highest BCUT2D eigenvalue weighted by molar-refractivity contribution is 8.38. The molecular formula is C20H32O8P2. The van der Waals surface area contributed by atoms with Gasteiger partial charge in [-0.25, -0.2) is 0 Å². The average Bonchev–Trinajstić information content (AvgIpc) is 2.42. The summed E-state index contributed by atoms with van der Waals surface area (Å²) in [5, 5.41) is -4.70. The van der Waals surface area contributed by atoms with Gasteiger partial charge in [0.2, 0.25) is 13.7 Å². The van der Waals surface area contributed by atoms with E-state index in [1.54, 1.807) is 0 Å². The minimum absolute atomic E-state index is 0.240. The summed E-state index contributed by atoms with van der Waals surface area (Å²) in [5.41, 5.74) is 0. The molecule has 0 aliphatic carbocycles. The predicted octanol–water partition coefficient (Wildman–Crippen LogP) is 5.10. The molecule has 0 amide bonds. The largest absolute Gasteiger partial charge is 0.335 e. The third-order valence-corrected chi connectivity index (χ3v) is 22.5. The van der Waals surface area contributed by atoms with E-state index in [1.807, 2.05) is 55.4 Å². The van der Waals surface area contributed by atoms with Crippen LogP contribution in [0.15, 0.2) is 0 Å². The summed E-state index contributed by atoms with van der Waals surface area (Å²) in [6.07, 6.45) is 0.959. The molecular weight excluding hydrogens is 430 g/mol. The van der Waals surface area contributed by atoms with Crippen LogP contribution in [0.4, 0.5) is 0 Å². The van der Waals surface area contributed by atoms with Crippen molar-refractivity contribution < 1.29 is 37.6 Å². The lowest BCUT2D eigenvalue weighted by Crippen LogP contribution is -2.76. The molecule has 0 aromatic carbocycles. The number of ether oxygens (including phenoxy) is 6. The summed E-state index contributed by atoms with van der Waals surface area (Å²) >= 11 is 0. The minimum atomic E-state index is -3.78. The van der Waals surface area contributed by atoms with Gasteiger partial charge in [0, 0.05) is 25.7 Å². The summed E-state index contributed by atoms with van der Waals surface area (Å²) in [6, 6.07) is 0. The van der Waals surface area contributed by atoms with Crippen molar-refractivity contribution in [3.05, 3.63) is 0 Å². The molecule has 0 aromatic rings. The fourth-order valence-corrected chi connectivity index (χ4v) is 24.7. The maximum Gasteiger partial charge on any atom is 0.208 e. The van der Waals surface area contributed by atoms with E-state index >= 15 is 9.13 Å². The third-order valence-electron chi connectivity index (χ3n) is 8.16. The van der Waals surface area contributed by atoms with Gasteiger partial charge in [0.05, 0.1) is 0 Å². The van der Waals surface area contributed by atoms with Crippen LogP contribution in [0.2, 0.25) is 0 Å². The smallest absolute Gasteiger partial charge is 0.208 e. The summed E-state index contributed by atoms with van der Waals surface area (Å²) in [5.74, 6) is -3.78. The average molecular weight is 462 g/mol. The van der Waals surface area contributed by atoms with Crippen LogP contribution < -0.4 is 0 Å². The maximum atomic E-state index is 15.5. The Morgan fingerprint density at radius 2 is 0.633 bits per heavy atom. The highest BCUT2D eigenvalue weighted by Crippen LogP contribution is 3.06. The third kappa shape index (κ3) is 1.89. The minimum Gasteiger partial charge on any atom is -0.335 e. The quantitative estimate of drug-likeness (QED) is 0.498. The van der Waals surface area contributed by atoms with E-state index < -0.39 is 58.2 Å². The summed E-state index contributed by atoms with van der Waals surface area (Å²) < 4.78 is 69.0. The van der Waals surface area contributed by atoms with Crippen LogP contribution in [-0.2, 0) is 37.6 Å². The second-order valence-corrected chi connectivity index (χ2v) is 21.2. The second kappa shape index (κ2) is 4.72. The normalized spacial score (nSPS) is 72.9. The predicted molar refractivity (Wildman–Crippen MR) is 107 cm³/mol. The molecule has 8 aliphatic rings. The van der Waals surface area contributed by atoms with Crippen molar-refractivity contribution in [2.45, 2.75) is 126 Å². The Kier molecular flexibility index (Phi) is 3.27. The van der Waals surface area contributed by atoms with Crippen LogP contribution in [0.5, 0.6) is 0 Å². The van der Waals surface area contributed by atoms with Crippen molar-refractivity contribution in [3.8, 4) is 0 Å². The highest BCUT2D eigenvalue weighted by Gasteiger charge is 2.90. The molecule has 170 valence electrons. The lowest BCUT2D eigenvalue weighted by molar-refractivity contribution is -0.474. The lowest BCUT2D eigenvalue weighted by Gasteiger charge is -2.75. The van der Waals surface area contributed by atoms with Gasteiger partial charge in [0.25, 0.3) is 0 Å². The second-order valence-electron chi connectivity index (χ2n) is 11.7. The molecule has 8 aliphatic heterocycles. The van der Waals surface area contributed by atoms with Crippen LogP contribution in [0, 0.1) is 0 Å². The molecule has 10 heteroatoms. The standard InChI is InChI=1S/C20H32O8P2/c1-13-9-17(5)26-14(2,23-13)10-18(6,25-13)29(17,21)30(22)19(7)11-15(3)24-16(4,28-19)12-20(30,8)27-15/h9-12H2,1-8H3/t13-,14-,15-,16-,17+,18+,19+,20+/m0/s1. The van der Waals surface area contributed by atoms with Crippen LogP contribution >= 0.6 is 13.7 Å². The molecule has 8 atom stereocenters. The number of fused-ring (bicyclic) bond motifs is 1. The molecule has 0 saturated carbocycles. The van der Waals surface area contributed by atoms with Gasteiger partial charge in [-0.1, -0.05) is 0 Å². The van der Waals surface area contributed by atoms with E-state index in [-0.39, 0.29) is 25.7 Å². The molecule has 8 heterocycles. The van der Waals surface area contributed by atoms with Crippen LogP contribution in [0.3, 0.4) is 0 Å². The monoisotopic (exact) mass is 462 g/mol. The first-order valence-corrected chi connectivity index (χ1v) is 14.9. The van der Waals surface area contributed by atoms with E-state index in [9.17, 15) is 0 Å². The van der Waals surface area contributed by atoms with E-state index in [0.717, 1.165) is 0 Å². The number of rotatable bonds is 1. The van der Waals surface area contributed by atoms with Gasteiger partial charge in [-0.3, -0.25) is 0 Å². The molecule has 8 nitrogen and oxygen atoms in total. The zero-order chi connectivity index (χ0) is 22.1. The lowest BCUT2D eigenvalue weighted by atomic mass is 9.98. The Bertz CT molecular complexity index is 817. The number of hydrogen-bond acceptors (Lipinski definition) is 8. The fourth-order valence-electron chi connectivity index (χ4n) is 8.54. The molecule has 8 bridgehead atoms. The molecule has 8 saturated heterocycles. The maximum absolute atomic E-state index is 15.5. The first-order chi connectivity index (χ1) is 13.3. The van der Waals surface area contributed by atoms with Crippen LogP contribution in [-0.4, -0.2) is 44.5 Å². The van der Waals surface area contributed by atoms with Gasteiger partial charge in [0.1, 0.15) is 21.4 Å². The Morgan fingerprint density at radius 3 is 0.833 bits per heavy atom. The van der Waals surface area contributed by atoms with Gasteiger partial charge in [0.15, 0.2) is 23.1 Å². The van der Waals surface area contributed by atoms with Crippen LogP contribution in [0.1, 0.15) is 81.1 Å². The first-order valence-electron chi connectivity index (χ1n) is 10.7. The molecule has 0 N–H and O–H groups in total. The fraction of sp³-hybridized carbons (Fsp3) is 1.00. The zero-order valence-electron chi connectivity index (χ0n) is 19.0. The van der Waals surface area contributed by atoms with Gasteiger partial charge >= 0.3 is 0 Å². The molecule has 0 spiro atoms. The van der Waals surface area contributed by atoms with Crippen molar-refractivity contribution in [2.24, 2.45) is 0 Å². The molecule has 0 unspecified atom stereocenters. The van der Waals surface area contributed by atoms with Crippen LogP contribution in [0.25, 0.3) is 0 Å². The Morgan fingerprint density at radius 1 is 0.433 bits per heavy atom. The van der Waals surface area contributed by atoms with Crippen molar-refractivity contribution in [1.82, 2.24) is 0 Å². The van der Waals surface area contributed by atoms with Crippen molar-refractivity contribution in [2.75, 3.05) is 0 Å². The number of hydrogen-bond donors (Lipinski definition) is 0. The SMILES string of the molecule is C[C@@]12C[C@]3(C)O[C@@](C)(C[C@](C)(O1)P3(=O)P1(=O)[C@]3(C)C[C@@]4(C)O[C@](C)(C[C@]1(C)O4)O3)O2. The van der Waals surface area contributed by atoms with E-state index in [1.165, 1.54) is 0 Å². The van der Waals surface area contributed by atoms with E-state index in [4.69, 9.17) is 28.4 Å². The summed E-state index contributed by atoms with van der Waals surface area (Å²) in [7, 11) is 0. The van der Waals surface area contributed by atoms with Gasteiger partial charge in [-0.15, -0.1) is 0 Å². The molecule has 8 fully saturated rings. The van der Waals surface area contributed by atoms with Crippen molar-refractivity contribution in [1.29, 1.82) is 0 Å². The Labute approximate surface area is 177 Å². The van der Waals surface area contributed by atoms with Crippen molar-refractivity contribution in [3.63, 3.8) is 0 Å².